The SMILES string of the molecule is OCc1nc(C2CCCCO2)cs1. The Labute approximate surface area is 81.4 Å². The third kappa shape index (κ3) is 2.07. The van der Waals surface area contributed by atoms with E-state index in [-0.39, 0.29) is 12.7 Å². The number of aromatic nitrogens is 1. The summed E-state index contributed by atoms with van der Waals surface area (Å²) < 4.78 is 5.58. The van der Waals surface area contributed by atoms with Crippen LogP contribution in [0.15, 0.2) is 5.38 Å². The summed E-state index contributed by atoms with van der Waals surface area (Å²) >= 11 is 1.50. The van der Waals surface area contributed by atoms with Crippen LogP contribution in [0, 0.1) is 0 Å². The minimum atomic E-state index is 0.0391. The van der Waals surface area contributed by atoms with Gasteiger partial charge in [-0.05, 0) is 19.3 Å². The van der Waals surface area contributed by atoms with Gasteiger partial charge in [-0.2, -0.15) is 0 Å². The minimum absolute atomic E-state index is 0.0391. The quantitative estimate of drug-likeness (QED) is 0.790. The predicted molar refractivity (Wildman–Crippen MR) is 50.6 cm³/mol. The van der Waals surface area contributed by atoms with Gasteiger partial charge in [-0.25, -0.2) is 4.98 Å². The maximum absolute atomic E-state index is 8.86. The van der Waals surface area contributed by atoms with Gasteiger partial charge in [0.15, 0.2) is 0 Å². The Hall–Kier alpha value is -0.450. The fraction of sp³-hybridized carbons (Fsp3) is 0.667. The third-order valence-corrected chi connectivity index (χ3v) is 3.07. The molecule has 1 saturated heterocycles. The molecule has 13 heavy (non-hydrogen) atoms. The monoisotopic (exact) mass is 199 g/mol. The van der Waals surface area contributed by atoms with Crippen molar-refractivity contribution in [3.8, 4) is 0 Å². The summed E-state index contributed by atoms with van der Waals surface area (Å²) in [4.78, 5) is 4.30. The number of ether oxygens (including phenoxy) is 1. The molecule has 3 nitrogen and oxygen atoms in total. The summed E-state index contributed by atoms with van der Waals surface area (Å²) in [6.45, 7) is 0.883. The lowest BCUT2D eigenvalue weighted by Crippen LogP contribution is -2.11. The van der Waals surface area contributed by atoms with Gasteiger partial charge in [0, 0.05) is 12.0 Å². The van der Waals surface area contributed by atoms with Crippen molar-refractivity contribution in [1.29, 1.82) is 0 Å². The van der Waals surface area contributed by atoms with E-state index in [1.165, 1.54) is 17.8 Å². The summed E-state index contributed by atoms with van der Waals surface area (Å²) in [5, 5.41) is 11.6. The standard InChI is InChI=1S/C9H13NO2S/c11-5-9-10-7(6-13-9)8-3-1-2-4-12-8/h6,8,11H,1-5H2. The Balaban J connectivity index is 2.05. The fourth-order valence-electron chi connectivity index (χ4n) is 1.52. The molecule has 1 aliphatic rings. The highest BCUT2D eigenvalue weighted by molar-refractivity contribution is 7.09. The van der Waals surface area contributed by atoms with Gasteiger partial charge in [-0.3, -0.25) is 0 Å². The van der Waals surface area contributed by atoms with Crippen molar-refractivity contribution in [3.63, 3.8) is 0 Å². The molecule has 72 valence electrons. The first-order valence-electron chi connectivity index (χ1n) is 4.57. The molecule has 4 heteroatoms. The summed E-state index contributed by atoms with van der Waals surface area (Å²) in [6.07, 6.45) is 3.61. The van der Waals surface area contributed by atoms with E-state index >= 15 is 0 Å². The smallest absolute Gasteiger partial charge is 0.118 e. The molecule has 0 saturated carbocycles. The molecular formula is C9H13NO2S. The lowest BCUT2D eigenvalue weighted by atomic mass is 10.1. The highest BCUT2D eigenvalue weighted by atomic mass is 32.1. The average Bonchev–Trinajstić information content (AvgIpc) is 2.67. The van der Waals surface area contributed by atoms with Crippen molar-refractivity contribution in [2.24, 2.45) is 0 Å². The van der Waals surface area contributed by atoms with Crippen LogP contribution >= 0.6 is 11.3 Å². The van der Waals surface area contributed by atoms with Crippen molar-refractivity contribution < 1.29 is 9.84 Å². The number of thiazole rings is 1. The zero-order valence-corrected chi connectivity index (χ0v) is 8.22. The first kappa shape index (κ1) is 9.12. The summed E-state index contributed by atoms with van der Waals surface area (Å²) in [5.74, 6) is 0. The van der Waals surface area contributed by atoms with Crippen molar-refractivity contribution in [1.82, 2.24) is 4.98 Å². The first-order chi connectivity index (χ1) is 6.40. The molecule has 1 fully saturated rings. The predicted octanol–water partition coefficient (Wildman–Crippen LogP) is 1.88. The molecule has 1 atom stereocenters. The number of aliphatic hydroxyl groups is 1. The van der Waals surface area contributed by atoms with Crippen molar-refractivity contribution in [3.05, 3.63) is 16.1 Å². The van der Waals surface area contributed by atoms with E-state index in [1.54, 1.807) is 0 Å². The molecule has 2 heterocycles. The number of nitrogens with zero attached hydrogens (tertiary/aromatic N) is 1. The van der Waals surface area contributed by atoms with Crippen molar-refractivity contribution >= 4 is 11.3 Å². The fourth-order valence-corrected chi connectivity index (χ4v) is 2.21. The van der Waals surface area contributed by atoms with Crippen LogP contribution in [0.25, 0.3) is 0 Å². The molecule has 1 aliphatic heterocycles. The number of rotatable bonds is 2. The van der Waals surface area contributed by atoms with Crippen LogP contribution in [0.5, 0.6) is 0 Å². The van der Waals surface area contributed by atoms with Gasteiger partial charge in [-0.15, -0.1) is 11.3 Å². The van der Waals surface area contributed by atoms with E-state index < -0.39 is 0 Å². The lowest BCUT2D eigenvalue weighted by molar-refractivity contribution is 0.0125. The first-order valence-corrected chi connectivity index (χ1v) is 5.45. The van der Waals surface area contributed by atoms with Gasteiger partial charge < -0.3 is 9.84 Å². The molecule has 0 radical (unpaired) electrons. The maximum atomic E-state index is 8.86. The van der Waals surface area contributed by atoms with E-state index in [0.717, 1.165) is 30.2 Å². The second-order valence-corrected chi connectivity index (χ2v) is 4.12. The van der Waals surface area contributed by atoms with E-state index in [1.807, 2.05) is 5.38 Å². The molecule has 0 bridgehead atoms. The van der Waals surface area contributed by atoms with Crippen LogP contribution in [0.2, 0.25) is 0 Å². The Morgan fingerprint density at radius 1 is 1.62 bits per heavy atom. The number of aliphatic hydroxyl groups excluding tert-OH is 1. The zero-order valence-electron chi connectivity index (χ0n) is 7.40. The highest BCUT2D eigenvalue weighted by Gasteiger charge is 2.18. The molecule has 0 amide bonds. The Kier molecular flexibility index (Phi) is 2.93. The molecule has 0 spiro atoms. The molecule has 1 aromatic rings. The van der Waals surface area contributed by atoms with Crippen molar-refractivity contribution in [2.45, 2.75) is 32.0 Å². The van der Waals surface area contributed by atoms with Crippen LogP contribution in [0.1, 0.15) is 36.1 Å². The second kappa shape index (κ2) is 4.17. The lowest BCUT2D eigenvalue weighted by Gasteiger charge is -2.20. The van der Waals surface area contributed by atoms with Gasteiger partial charge in [0.1, 0.15) is 11.1 Å². The van der Waals surface area contributed by atoms with Crippen LogP contribution in [0.3, 0.4) is 0 Å². The van der Waals surface area contributed by atoms with Crippen LogP contribution in [-0.4, -0.2) is 16.7 Å². The third-order valence-electron chi connectivity index (χ3n) is 2.21. The normalized spacial score (nSPS) is 23.3. The maximum Gasteiger partial charge on any atom is 0.118 e. The largest absolute Gasteiger partial charge is 0.389 e. The molecular weight excluding hydrogens is 186 g/mol. The topological polar surface area (TPSA) is 42.4 Å². The van der Waals surface area contributed by atoms with Crippen LogP contribution in [-0.2, 0) is 11.3 Å². The van der Waals surface area contributed by atoms with Gasteiger partial charge >= 0.3 is 0 Å². The summed E-state index contributed by atoms with van der Waals surface area (Å²) in [7, 11) is 0. The van der Waals surface area contributed by atoms with E-state index in [2.05, 4.69) is 4.98 Å². The minimum Gasteiger partial charge on any atom is -0.389 e. The van der Waals surface area contributed by atoms with Gasteiger partial charge in [0.05, 0.1) is 12.3 Å². The van der Waals surface area contributed by atoms with Crippen molar-refractivity contribution in [2.75, 3.05) is 6.61 Å². The molecule has 1 N–H and O–H groups in total. The second-order valence-electron chi connectivity index (χ2n) is 3.18. The van der Waals surface area contributed by atoms with Crippen LogP contribution in [0.4, 0.5) is 0 Å². The molecule has 1 aromatic heterocycles. The average molecular weight is 199 g/mol. The molecule has 0 aliphatic carbocycles. The van der Waals surface area contributed by atoms with Crippen LogP contribution < -0.4 is 0 Å². The Morgan fingerprint density at radius 2 is 2.54 bits per heavy atom. The molecule has 1 unspecified atom stereocenters. The van der Waals surface area contributed by atoms with E-state index in [0.29, 0.717) is 0 Å². The van der Waals surface area contributed by atoms with Gasteiger partial charge in [0.2, 0.25) is 0 Å². The highest BCUT2D eigenvalue weighted by Crippen LogP contribution is 2.28. The molecule has 2 rings (SSSR count). The number of hydrogen-bond acceptors (Lipinski definition) is 4. The zero-order chi connectivity index (χ0) is 9.10. The Bertz CT molecular complexity index is 268. The summed E-state index contributed by atoms with van der Waals surface area (Å²) in [5.41, 5.74) is 0.994. The number of hydrogen-bond donors (Lipinski definition) is 1. The summed E-state index contributed by atoms with van der Waals surface area (Å²) in [6, 6.07) is 0. The Morgan fingerprint density at radius 3 is 3.15 bits per heavy atom. The van der Waals surface area contributed by atoms with Gasteiger partial charge in [-0.1, -0.05) is 0 Å². The van der Waals surface area contributed by atoms with Gasteiger partial charge in [0.25, 0.3) is 0 Å². The van der Waals surface area contributed by atoms with E-state index in [4.69, 9.17) is 9.84 Å². The molecule has 0 aromatic carbocycles. The van der Waals surface area contributed by atoms with E-state index in [9.17, 15) is 0 Å².